The van der Waals surface area contributed by atoms with Crippen molar-refractivity contribution < 1.29 is 17.8 Å². The second kappa shape index (κ2) is 7.38. The Morgan fingerprint density at radius 1 is 1.39 bits per heavy atom. The molecule has 1 unspecified atom stereocenters. The Bertz CT molecular complexity index is 1200. The first-order valence-corrected chi connectivity index (χ1v) is 11.9. The highest BCUT2D eigenvalue weighted by Gasteiger charge is 2.61. The summed E-state index contributed by atoms with van der Waals surface area (Å²) in [5, 5.41) is -0.250. The lowest BCUT2D eigenvalue weighted by molar-refractivity contribution is 0.0988. The van der Waals surface area contributed by atoms with Crippen LogP contribution in [0.25, 0.3) is 0 Å². The van der Waals surface area contributed by atoms with E-state index in [0.29, 0.717) is 17.0 Å². The number of rotatable bonds is 5. The molecule has 2 aliphatic rings. The van der Waals surface area contributed by atoms with E-state index >= 15 is 0 Å². The number of carbonyl (C=O) groups is 1. The third-order valence-corrected chi connectivity index (χ3v) is 10.2. The van der Waals surface area contributed by atoms with Crippen LogP contribution < -0.4 is 5.73 Å². The van der Waals surface area contributed by atoms with Crippen LogP contribution in [0.4, 0.5) is 8.78 Å². The Hall–Kier alpha value is -2.32. The third kappa shape index (κ3) is 3.19. The summed E-state index contributed by atoms with van der Waals surface area (Å²) >= 11 is 5.81. The number of aliphatic imine (C=N–C) groups is 1. The van der Waals surface area contributed by atoms with Crippen molar-refractivity contribution >= 4 is 38.6 Å². The van der Waals surface area contributed by atoms with E-state index in [1.165, 1.54) is 30.5 Å². The molecule has 2 N–H and O–H groups in total. The maximum absolute atomic E-state index is 15.0. The van der Waals surface area contributed by atoms with Crippen molar-refractivity contribution in [3.05, 3.63) is 64.2 Å². The average Bonchev–Trinajstić information content (AvgIpc) is 2.93. The van der Waals surface area contributed by atoms with Gasteiger partial charge in [-0.25, -0.2) is 8.78 Å². The van der Waals surface area contributed by atoms with Crippen molar-refractivity contribution in [2.24, 2.45) is 10.7 Å². The smallest absolute Gasteiger partial charge is 0.185 e. The van der Waals surface area contributed by atoms with Gasteiger partial charge in [0.05, 0.1) is 10.3 Å². The van der Waals surface area contributed by atoms with Crippen molar-refractivity contribution in [2.45, 2.75) is 41.7 Å². The first-order valence-electron chi connectivity index (χ1n) is 9.76. The molecular formula is C22H22ClF2N3O2S. The highest BCUT2D eigenvalue weighted by atomic mass is 35.5. The molecule has 31 heavy (non-hydrogen) atoms. The monoisotopic (exact) mass is 465 g/mol. The van der Waals surface area contributed by atoms with E-state index in [1.807, 2.05) is 0 Å². The van der Waals surface area contributed by atoms with Crippen molar-refractivity contribution in [3.63, 3.8) is 0 Å². The lowest BCUT2D eigenvalue weighted by atomic mass is 9.85. The largest absolute Gasteiger partial charge is 0.386 e. The van der Waals surface area contributed by atoms with Crippen molar-refractivity contribution in [2.75, 3.05) is 6.67 Å². The van der Waals surface area contributed by atoms with E-state index in [0.717, 1.165) is 0 Å². The molecule has 1 aromatic carbocycles. The second-order valence-corrected chi connectivity index (χ2v) is 11.5. The number of aromatic nitrogens is 1. The molecule has 0 aliphatic carbocycles. The van der Waals surface area contributed by atoms with E-state index < -0.39 is 37.5 Å². The molecular weight excluding hydrogens is 444 g/mol. The van der Waals surface area contributed by atoms with E-state index in [-0.39, 0.29) is 35.7 Å². The standard InChI is InChI=1S/C22H22ClF2N3O2S/c1-21(19-7-8-22(12-24,20(26)28-21)31(19,2)30)15-9-13(3-5-16(15)25)10-18(29)17-6-4-14(23)11-27-17/h3-6,9,11,19H,2,7-8,10,12H2,1H3,(H2,26,28)/t19-,21+,22-,31?/m0/s1. The Morgan fingerprint density at radius 3 is 2.77 bits per heavy atom. The molecule has 9 heteroatoms. The fraction of sp³-hybridized carbons (Fsp3) is 0.364. The van der Waals surface area contributed by atoms with Crippen LogP contribution in [0.15, 0.2) is 41.5 Å². The Kier molecular flexibility index (Phi) is 5.21. The van der Waals surface area contributed by atoms with Gasteiger partial charge in [0.1, 0.15) is 34.3 Å². The zero-order valence-electron chi connectivity index (χ0n) is 16.9. The van der Waals surface area contributed by atoms with Crippen LogP contribution in [0.1, 0.15) is 41.4 Å². The van der Waals surface area contributed by atoms with Gasteiger partial charge in [-0.05, 0) is 65.0 Å². The number of alkyl halides is 1. The van der Waals surface area contributed by atoms with Gasteiger partial charge in [0.15, 0.2) is 5.78 Å². The highest BCUT2D eigenvalue weighted by molar-refractivity contribution is 8.03. The summed E-state index contributed by atoms with van der Waals surface area (Å²) in [6.45, 7) is 0.732. The number of amidine groups is 1. The Labute approximate surface area is 184 Å². The number of pyridine rings is 1. The SMILES string of the molecule is C=S1(=O)[C@H]2CC[C@]1(CF)C(N)=N[C@]2(C)c1cc(CC(=O)c2ccc(Cl)cn2)ccc1F. The molecule has 4 atom stereocenters. The van der Waals surface area contributed by atoms with Gasteiger partial charge in [-0.2, -0.15) is 0 Å². The summed E-state index contributed by atoms with van der Waals surface area (Å²) in [7, 11) is -3.03. The zero-order valence-corrected chi connectivity index (χ0v) is 18.5. The normalized spacial score (nSPS) is 32.0. The van der Waals surface area contributed by atoms with Crippen molar-refractivity contribution in [1.29, 1.82) is 0 Å². The summed E-state index contributed by atoms with van der Waals surface area (Å²) in [6.07, 6.45) is 1.98. The predicted molar refractivity (Wildman–Crippen MR) is 120 cm³/mol. The van der Waals surface area contributed by atoms with Gasteiger partial charge in [0.2, 0.25) is 0 Å². The minimum absolute atomic E-state index is 0.0178. The topological polar surface area (TPSA) is 85.4 Å². The summed E-state index contributed by atoms with van der Waals surface area (Å²) < 4.78 is 41.1. The predicted octanol–water partition coefficient (Wildman–Crippen LogP) is 3.47. The van der Waals surface area contributed by atoms with Gasteiger partial charge in [0.25, 0.3) is 0 Å². The van der Waals surface area contributed by atoms with Gasteiger partial charge in [-0.15, -0.1) is 0 Å². The van der Waals surface area contributed by atoms with Crippen LogP contribution in [0.2, 0.25) is 5.02 Å². The minimum Gasteiger partial charge on any atom is -0.386 e. The zero-order chi connectivity index (χ0) is 22.6. The van der Waals surface area contributed by atoms with Crippen LogP contribution >= 0.6 is 11.6 Å². The lowest BCUT2D eigenvalue weighted by Gasteiger charge is -2.42. The average molecular weight is 466 g/mol. The highest BCUT2D eigenvalue weighted by Crippen LogP contribution is 2.51. The number of fused-ring (bicyclic) bond motifs is 2. The molecule has 164 valence electrons. The van der Waals surface area contributed by atoms with Crippen LogP contribution in [0, 0.1) is 5.82 Å². The molecule has 1 aromatic heterocycles. The van der Waals surface area contributed by atoms with Gasteiger partial charge in [-0.1, -0.05) is 17.7 Å². The molecule has 2 bridgehead atoms. The third-order valence-electron chi connectivity index (χ3n) is 6.55. The Balaban J connectivity index is 1.75. The first-order chi connectivity index (χ1) is 14.5. The number of ketones is 1. The van der Waals surface area contributed by atoms with Crippen LogP contribution in [-0.4, -0.2) is 43.4 Å². The summed E-state index contributed by atoms with van der Waals surface area (Å²) in [5.74, 6) is 2.94. The van der Waals surface area contributed by atoms with Gasteiger partial charge < -0.3 is 5.73 Å². The quantitative estimate of drug-likeness (QED) is 0.541. The molecule has 0 saturated carbocycles. The molecule has 5 nitrogen and oxygen atoms in total. The van der Waals surface area contributed by atoms with Gasteiger partial charge in [0, 0.05) is 18.2 Å². The minimum atomic E-state index is -3.03. The van der Waals surface area contributed by atoms with Crippen molar-refractivity contribution in [3.8, 4) is 0 Å². The molecule has 0 spiro atoms. The number of hydrogen-bond acceptors (Lipinski definition) is 5. The summed E-state index contributed by atoms with van der Waals surface area (Å²) in [4.78, 5) is 21.1. The lowest BCUT2D eigenvalue weighted by Crippen LogP contribution is -2.58. The van der Waals surface area contributed by atoms with Gasteiger partial charge >= 0.3 is 0 Å². The number of nitrogens with two attached hydrogens (primary N) is 1. The van der Waals surface area contributed by atoms with Crippen LogP contribution in [0.3, 0.4) is 0 Å². The number of halogens is 3. The van der Waals surface area contributed by atoms with E-state index in [1.54, 1.807) is 13.0 Å². The Morgan fingerprint density at radius 2 is 2.13 bits per heavy atom. The molecule has 0 amide bonds. The number of Topliss-reactive ketones (excluding diaryl/α,β-unsaturated/α-hetero) is 1. The van der Waals surface area contributed by atoms with Gasteiger partial charge in [-0.3, -0.25) is 19.0 Å². The number of carbonyl (C=O) groups excluding carboxylic acids is 1. The first kappa shape index (κ1) is 21.9. The number of nitrogens with zero attached hydrogens (tertiary/aromatic N) is 2. The molecule has 0 radical (unpaired) electrons. The van der Waals surface area contributed by atoms with Crippen molar-refractivity contribution in [1.82, 2.24) is 4.98 Å². The molecule has 1 fully saturated rings. The molecule has 2 aliphatic heterocycles. The van der Waals surface area contributed by atoms with Crippen LogP contribution in [-0.2, 0) is 21.5 Å². The number of benzene rings is 1. The summed E-state index contributed by atoms with van der Waals surface area (Å²) in [6, 6.07) is 7.39. The second-order valence-electron chi connectivity index (χ2n) is 8.30. The van der Waals surface area contributed by atoms with E-state index in [9.17, 15) is 17.8 Å². The summed E-state index contributed by atoms with van der Waals surface area (Å²) in [5.41, 5.74) is 5.78. The van der Waals surface area contributed by atoms with Crippen LogP contribution in [0.5, 0.6) is 0 Å². The molecule has 1 saturated heterocycles. The fourth-order valence-electron chi connectivity index (χ4n) is 4.73. The number of hydrogen-bond donors (Lipinski definition) is 1. The fourth-order valence-corrected chi connectivity index (χ4v) is 7.85. The molecule has 4 rings (SSSR count). The van der Waals surface area contributed by atoms with E-state index in [4.69, 9.17) is 17.3 Å². The maximum Gasteiger partial charge on any atom is 0.185 e. The molecule has 2 aromatic rings. The molecule has 3 heterocycles. The maximum atomic E-state index is 15.0. The van der Waals surface area contributed by atoms with E-state index in [2.05, 4.69) is 15.8 Å².